The summed E-state index contributed by atoms with van der Waals surface area (Å²) in [6.45, 7) is 0. The molecule has 0 amide bonds. The minimum atomic E-state index is 0.654. The van der Waals surface area contributed by atoms with Crippen LogP contribution < -0.4 is 0 Å². The van der Waals surface area contributed by atoms with E-state index in [1.54, 1.807) is 11.3 Å². The van der Waals surface area contributed by atoms with Crippen molar-refractivity contribution in [2.45, 2.75) is 0 Å². The van der Waals surface area contributed by atoms with E-state index in [0.717, 1.165) is 76.7 Å². The van der Waals surface area contributed by atoms with Crippen LogP contribution in [0.3, 0.4) is 0 Å². The maximum atomic E-state index is 6.68. The molecule has 0 aliphatic carbocycles. The Morgan fingerprint density at radius 1 is 0.568 bits per heavy atom. The van der Waals surface area contributed by atoms with Gasteiger partial charge in [-0.1, -0.05) is 97.1 Å². The molecule has 0 saturated heterocycles. The van der Waals surface area contributed by atoms with Crippen LogP contribution in [0.15, 0.2) is 144 Å². The van der Waals surface area contributed by atoms with Crippen molar-refractivity contribution in [3.63, 3.8) is 0 Å². The van der Waals surface area contributed by atoms with Crippen LogP contribution in [0.5, 0.6) is 0 Å². The van der Waals surface area contributed by atoms with Crippen molar-refractivity contribution in [1.29, 1.82) is 0 Å². The Morgan fingerprint density at radius 2 is 1.34 bits per heavy atom. The summed E-state index contributed by atoms with van der Waals surface area (Å²) in [6, 6.07) is 46.0. The number of hydrogen-bond acceptors (Lipinski definition) is 5. The van der Waals surface area contributed by atoms with Crippen molar-refractivity contribution in [2.75, 3.05) is 0 Å². The number of pyridine rings is 1. The molecule has 0 bridgehead atoms. The van der Waals surface area contributed by atoms with Crippen LogP contribution in [-0.4, -0.2) is 15.0 Å². The first-order valence-electron chi connectivity index (χ1n) is 14.5. The molecule has 0 fully saturated rings. The highest BCUT2D eigenvalue weighted by atomic mass is 32.1. The third-order valence-electron chi connectivity index (χ3n) is 8.16. The predicted molar refractivity (Wildman–Crippen MR) is 182 cm³/mol. The molecular weight excluding hydrogens is 559 g/mol. The zero-order chi connectivity index (χ0) is 29.0. The van der Waals surface area contributed by atoms with Gasteiger partial charge < -0.3 is 4.42 Å². The van der Waals surface area contributed by atoms with Gasteiger partial charge in [-0.2, -0.15) is 0 Å². The number of rotatable bonds is 4. The molecule has 0 atom stereocenters. The molecule has 9 rings (SSSR count). The van der Waals surface area contributed by atoms with Crippen molar-refractivity contribution in [2.24, 2.45) is 0 Å². The van der Waals surface area contributed by atoms with Gasteiger partial charge in [0.2, 0.25) is 0 Å². The Morgan fingerprint density at radius 3 is 2.16 bits per heavy atom. The summed E-state index contributed by atoms with van der Waals surface area (Å²) < 4.78 is 8.90. The minimum absolute atomic E-state index is 0.654. The average Bonchev–Trinajstić information content (AvgIpc) is 3.67. The molecule has 0 saturated carbocycles. The summed E-state index contributed by atoms with van der Waals surface area (Å²) >= 11 is 1.71. The third-order valence-corrected chi connectivity index (χ3v) is 9.32. The monoisotopic (exact) mass is 581 g/mol. The number of hydrogen-bond donors (Lipinski definition) is 0. The van der Waals surface area contributed by atoms with E-state index in [-0.39, 0.29) is 0 Å². The first-order valence-corrected chi connectivity index (χ1v) is 15.3. The Bertz CT molecular complexity index is 2480. The van der Waals surface area contributed by atoms with Gasteiger partial charge in [0, 0.05) is 38.2 Å². The maximum absolute atomic E-state index is 6.68. The summed E-state index contributed by atoms with van der Waals surface area (Å²) in [5.74, 6) is 0.654. The van der Waals surface area contributed by atoms with Gasteiger partial charge in [0.1, 0.15) is 16.9 Å². The quantitative estimate of drug-likeness (QED) is 0.207. The number of aromatic nitrogens is 3. The number of benzene rings is 5. The van der Waals surface area contributed by atoms with Crippen molar-refractivity contribution in [1.82, 2.24) is 15.0 Å². The summed E-state index contributed by atoms with van der Waals surface area (Å²) in [5.41, 5.74) is 9.64. The number of furan rings is 1. The van der Waals surface area contributed by atoms with Crippen LogP contribution in [0.1, 0.15) is 0 Å². The molecule has 9 aromatic rings. The summed E-state index contributed by atoms with van der Waals surface area (Å²) in [4.78, 5) is 15.2. The van der Waals surface area contributed by atoms with E-state index in [9.17, 15) is 0 Å². The second kappa shape index (κ2) is 9.97. The van der Waals surface area contributed by atoms with Crippen LogP contribution in [0, 0.1) is 0 Å². The molecule has 0 aliphatic rings. The van der Waals surface area contributed by atoms with E-state index in [1.165, 1.54) is 4.70 Å². The lowest BCUT2D eigenvalue weighted by molar-refractivity contribution is 0.670. The normalized spacial score (nSPS) is 11.6. The van der Waals surface area contributed by atoms with Crippen LogP contribution in [-0.2, 0) is 0 Å². The molecule has 0 spiro atoms. The van der Waals surface area contributed by atoms with Gasteiger partial charge in [-0.25, -0.2) is 9.97 Å². The van der Waals surface area contributed by atoms with Crippen molar-refractivity contribution >= 4 is 53.6 Å². The summed E-state index contributed by atoms with van der Waals surface area (Å²) in [7, 11) is 0. The molecule has 4 heterocycles. The van der Waals surface area contributed by atoms with Crippen molar-refractivity contribution in [3.05, 3.63) is 140 Å². The van der Waals surface area contributed by atoms with Gasteiger partial charge >= 0.3 is 0 Å². The highest BCUT2D eigenvalue weighted by Gasteiger charge is 2.22. The molecule has 4 aromatic heterocycles. The molecular formula is C39H23N3OS. The smallest absolute Gasteiger partial charge is 0.161 e. The average molecular weight is 582 g/mol. The standard InChI is InChI=1S/C39H23N3OS/c1-3-12-24(13-4-1)26-22-29(25-14-5-2-6-15-25)37-30(23-26)34-28(17-11-19-32(34)43-37)39-41-35-27-16-7-8-20-33(27)44-38(35)36(42-39)31-18-9-10-21-40-31/h1-23H. The first kappa shape index (κ1) is 24.9. The molecule has 4 nitrogen and oxygen atoms in total. The van der Waals surface area contributed by atoms with Gasteiger partial charge in [0.05, 0.1) is 15.9 Å². The number of fused-ring (bicyclic) bond motifs is 6. The fourth-order valence-electron chi connectivity index (χ4n) is 6.13. The van der Waals surface area contributed by atoms with Gasteiger partial charge in [0.25, 0.3) is 0 Å². The van der Waals surface area contributed by atoms with E-state index < -0.39 is 0 Å². The molecule has 0 unspecified atom stereocenters. The maximum Gasteiger partial charge on any atom is 0.161 e. The Balaban J connectivity index is 1.38. The Kier molecular flexibility index (Phi) is 5.64. The molecule has 0 radical (unpaired) electrons. The van der Waals surface area contributed by atoms with Crippen molar-refractivity contribution < 1.29 is 4.42 Å². The lowest BCUT2D eigenvalue weighted by Crippen LogP contribution is -1.95. The van der Waals surface area contributed by atoms with Crippen molar-refractivity contribution in [3.8, 4) is 45.0 Å². The Hall–Kier alpha value is -5.65. The lowest BCUT2D eigenvalue weighted by Gasteiger charge is -2.09. The molecule has 206 valence electrons. The summed E-state index contributed by atoms with van der Waals surface area (Å²) in [5, 5.41) is 3.16. The predicted octanol–water partition coefficient (Wildman–Crippen LogP) is 10.8. The number of thiophene rings is 1. The van der Waals surface area contributed by atoms with E-state index in [1.807, 2.05) is 48.7 Å². The van der Waals surface area contributed by atoms with E-state index in [4.69, 9.17) is 19.4 Å². The second-order valence-electron chi connectivity index (χ2n) is 10.8. The third kappa shape index (κ3) is 3.94. The van der Waals surface area contributed by atoms with E-state index >= 15 is 0 Å². The van der Waals surface area contributed by atoms with Gasteiger partial charge in [-0.05, 0) is 53.1 Å². The fraction of sp³-hybridized carbons (Fsp3) is 0. The Labute approximate surface area is 256 Å². The minimum Gasteiger partial charge on any atom is -0.455 e. The zero-order valence-electron chi connectivity index (χ0n) is 23.4. The highest BCUT2D eigenvalue weighted by molar-refractivity contribution is 7.26. The SMILES string of the molecule is c1ccc(-c2cc(-c3ccccc3)c3oc4cccc(-c5nc(-c6ccccn6)c6sc7ccccc7c6n5)c4c3c2)cc1. The molecule has 0 N–H and O–H groups in total. The van der Waals surface area contributed by atoms with Crippen LogP contribution in [0.2, 0.25) is 0 Å². The molecule has 5 aromatic carbocycles. The van der Waals surface area contributed by atoms with Gasteiger partial charge in [-0.15, -0.1) is 11.3 Å². The number of nitrogens with zero attached hydrogens (tertiary/aromatic N) is 3. The first-order chi connectivity index (χ1) is 21.8. The molecule has 5 heteroatoms. The highest BCUT2D eigenvalue weighted by Crippen LogP contribution is 2.44. The lowest BCUT2D eigenvalue weighted by atomic mass is 9.95. The topological polar surface area (TPSA) is 51.8 Å². The molecule has 0 aliphatic heterocycles. The van der Waals surface area contributed by atoms with Crippen LogP contribution >= 0.6 is 11.3 Å². The largest absolute Gasteiger partial charge is 0.455 e. The van der Waals surface area contributed by atoms with E-state index in [0.29, 0.717) is 5.82 Å². The fourth-order valence-corrected chi connectivity index (χ4v) is 7.27. The van der Waals surface area contributed by atoms with Crippen LogP contribution in [0.25, 0.3) is 87.3 Å². The zero-order valence-corrected chi connectivity index (χ0v) is 24.3. The summed E-state index contributed by atoms with van der Waals surface area (Å²) in [6.07, 6.45) is 1.82. The van der Waals surface area contributed by atoms with Gasteiger partial charge in [-0.3, -0.25) is 4.98 Å². The molecule has 44 heavy (non-hydrogen) atoms. The van der Waals surface area contributed by atoms with E-state index in [2.05, 4.69) is 91.0 Å². The van der Waals surface area contributed by atoms with Gasteiger partial charge in [0.15, 0.2) is 5.82 Å². The second-order valence-corrected chi connectivity index (χ2v) is 11.9. The van der Waals surface area contributed by atoms with Crippen LogP contribution in [0.4, 0.5) is 0 Å².